The molecule has 2 aliphatic rings. The van der Waals surface area contributed by atoms with Crippen molar-refractivity contribution in [3.63, 3.8) is 0 Å². The number of carboxylic acid groups (broad SMARTS) is 1. The van der Waals surface area contributed by atoms with Crippen LogP contribution in [-0.2, 0) is 9.53 Å². The summed E-state index contributed by atoms with van der Waals surface area (Å²) < 4.78 is 16.7. The molecule has 24 heavy (non-hydrogen) atoms. The number of hydrogen-bond acceptors (Lipinski definition) is 5. The van der Waals surface area contributed by atoms with Gasteiger partial charge >= 0.3 is 5.97 Å². The fourth-order valence-corrected chi connectivity index (χ4v) is 3.46. The van der Waals surface area contributed by atoms with Gasteiger partial charge in [0.25, 0.3) is 0 Å². The van der Waals surface area contributed by atoms with E-state index in [0.29, 0.717) is 30.3 Å². The Labute approximate surface area is 142 Å². The standard InChI is InChI=1S/C18H25NO5/c1-22-15-4-2-3-5-16(15)24-18(17(20)21)7-9-19(10-8-18)12-14-6-11-23-13-14/h2-5,14H,6-13H2,1H3,(H,20,21). The summed E-state index contributed by atoms with van der Waals surface area (Å²) in [6.07, 6.45) is 2.03. The van der Waals surface area contributed by atoms with Crippen LogP contribution in [0, 0.1) is 5.92 Å². The third kappa shape index (κ3) is 3.65. The molecule has 0 aromatic heterocycles. The van der Waals surface area contributed by atoms with E-state index >= 15 is 0 Å². The average molecular weight is 335 g/mol. The molecule has 6 nitrogen and oxygen atoms in total. The first-order valence-corrected chi connectivity index (χ1v) is 8.48. The Hall–Kier alpha value is -1.79. The fraction of sp³-hybridized carbons (Fsp3) is 0.611. The maximum absolute atomic E-state index is 11.9. The SMILES string of the molecule is COc1ccccc1OC1(C(=O)O)CCN(CC2CCOC2)CC1. The van der Waals surface area contributed by atoms with Crippen LogP contribution in [0.25, 0.3) is 0 Å². The van der Waals surface area contributed by atoms with Gasteiger partial charge in [-0.2, -0.15) is 0 Å². The van der Waals surface area contributed by atoms with Crippen molar-refractivity contribution in [3.05, 3.63) is 24.3 Å². The summed E-state index contributed by atoms with van der Waals surface area (Å²) in [6, 6.07) is 7.19. The molecule has 0 aliphatic carbocycles. The third-order valence-electron chi connectivity index (χ3n) is 4.97. The van der Waals surface area contributed by atoms with Gasteiger partial charge in [0.1, 0.15) is 0 Å². The van der Waals surface area contributed by atoms with Crippen LogP contribution in [0.4, 0.5) is 0 Å². The molecule has 0 saturated carbocycles. The number of piperidine rings is 1. The van der Waals surface area contributed by atoms with Gasteiger partial charge < -0.3 is 24.2 Å². The number of methoxy groups -OCH3 is 1. The van der Waals surface area contributed by atoms with Crippen LogP contribution in [0.3, 0.4) is 0 Å². The molecule has 1 aromatic carbocycles. The number of nitrogens with zero attached hydrogens (tertiary/aromatic N) is 1. The van der Waals surface area contributed by atoms with E-state index in [4.69, 9.17) is 14.2 Å². The summed E-state index contributed by atoms with van der Waals surface area (Å²) in [5, 5.41) is 9.78. The van der Waals surface area contributed by atoms with Crippen LogP contribution in [0.1, 0.15) is 19.3 Å². The first-order chi connectivity index (χ1) is 11.6. The monoisotopic (exact) mass is 335 g/mol. The van der Waals surface area contributed by atoms with Crippen molar-refractivity contribution in [2.45, 2.75) is 24.9 Å². The Morgan fingerprint density at radius 3 is 2.62 bits per heavy atom. The number of rotatable bonds is 6. The van der Waals surface area contributed by atoms with E-state index in [1.165, 1.54) is 0 Å². The second-order valence-electron chi connectivity index (χ2n) is 6.58. The Morgan fingerprint density at radius 1 is 1.33 bits per heavy atom. The smallest absolute Gasteiger partial charge is 0.348 e. The first kappa shape index (κ1) is 17.0. The Kier molecular flexibility index (Phi) is 5.26. The van der Waals surface area contributed by atoms with Gasteiger partial charge in [-0.15, -0.1) is 0 Å². The van der Waals surface area contributed by atoms with Crippen molar-refractivity contribution in [1.29, 1.82) is 0 Å². The zero-order valence-corrected chi connectivity index (χ0v) is 14.1. The van der Waals surface area contributed by atoms with Crippen LogP contribution >= 0.6 is 0 Å². The van der Waals surface area contributed by atoms with Gasteiger partial charge in [-0.3, -0.25) is 0 Å². The van der Waals surface area contributed by atoms with Gasteiger partial charge in [-0.1, -0.05) is 12.1 Å². The number of carboxylic acids is 1. The lowest BCUT2D eigenvalue weighted by atomic mass is 9.90. The fourth-order valence-electron chi connectivity index (χ4n) is 3.46. The zero-order chi connectivity index (χ0) is 17.0. The Bertz CT molecular complexity index is 562. The van der Waals surface area contributed by atoms with Crippen molar-refractivity contribution in [2.75, 3.05) is 40.0 Å². The number of likely N-dealkylation sites (tertiary alicyclic amines) is 1. The maximum Gasteiger partial charge on any atom is 0.348 e. The summed E-state index contributed by atoms with van der Waals surface area (Å²) >= 11 is 0. The van der Waals surface area contributed by atoms with Gasteiger partial charge in [0, 0.05) is 39.1 Å². The predicted molar refractivity (Wildman–Crippen MR) is 88.6 cm³/mol. The quantitative estimate of drug-likeness (QED) is 0.858. The molecule has 1 aromatic rings. The first-order valence-electron chi connectivity index (χ1n) is 8.48. The Balaban J connectivity index is 1.66. The molecule has 0 amide bonds. The van der Waals surface area contributed by atoms with Crippen molar-refractivity contribution in [3.8, 4) is 11.5 Å². The molecule has 2 saturated heterocycles. The number of aliphatic carboxylic acids is 1. The van der Waals surface area contributed by atoms with Crippen molar-refractivity contribution >= 4 is 5.97 Å². The normalized spacial score (nSPS) is 23.8. The molecule has 0 radical (unpaired) electrons. The van der Waals surface area contributed by atoms with E-state index < -0.39 is 11.6 Å². The second kappa shape index (κ2) is 7.40. The van der Waals surface area contributed by atoms with Crippen LogP contribution in [0.15, 0.2) is 24.3 Å². The number of carbonyl (C=O) groups is 1. The second-order valence-corrected chi connectivity index (χ2v) is 6.58. The molecular formula is C18H25NO5. The minimum atomic E-state index is -1.18. The molecule has 0 bridgehead atoms. The highest BCUT2D eigenvalue weighted by Gasteiger charge is 2.44. The summed E-state index contributed by atoms with van der Waals surface area (Å²) in [4.78, 5) is 14.3. The van der Waals surface area contributed by atoms with Gasteiger partial charge in [-0.25, -0.2) is 4.79 Å². The number of para-hydroxylation sites is 2. The van der Waals surface area contributed by atoms with E-state index in [1.807, 2.05) is 12.1 Å². The molecule has 3 rings (SSSR count). The lowest BCUT2D eigenvalue weighted by Gasteiger charge is -2.39. The number of benzene rings is 1. The molecular weight excluding hydrogens is 310 g/mol. The van der Waals surface area contributed by atoms with E-state index in [9.17, 15) is 9.90 Å². The molecule has 1 unspecified atom stereocenters. The zero-order valence-electron chi connectivity index (χ0n) is 14.1. The van der Waals surface area contributed by atoms with Crippen LogP contribution in [0.2, 0.25) is 0 Å². The molecule has 2 aliphatic heterocycles. The predicted octanol–water partition coefficient (Wildman–Crippen LogP) is 2.03. The number of ether oxygens (including phenoxy) is 3. The number of hydrogen-bond donors (Lipinski definition) is 1. The van der Waals surface area contributed by atoms with Crippen LogP contribution < -0.4 is 9.47 Å². The summed E-state index contributed by atoms with van der Waals surface area (Å²) in [6.45, 7) is 4.08. The molecule has 2 heterocycles. The lowest BCUT2D eigenvalue weighted by Crippen LogP contribution is -2.53. The van der Waals surface area contributed by atoms with E-state index in [2.05, 4.69) is 4.90 Å². The van der Waals surface area contributed by atoms with Crippen molar-refractivity contribution in [2.24, 2.45) is 5.92 Å². The highest BCUT2D eigenvalue weighted by molar-refractivity contribution is 5.78. The van der Waals surface area contributed by atoms with Crippen molar-refractivity contribution < 1.29 is 24.1 Å². The van der Waals surface area contributed by atoms with Gasteiger partial charge in [0.2, 0.25) is 5.60 Å². The highest BCUT2D eigenvalue weighted by Crippen LogP contribution is 2.35. The van der Waals surface area contributed by atoms with E-state index in [0.717, 1.165) is 39.3 Å². The summed E-state index contributed by atoms with van der Waals surface area (Å²) in [5.74, 6) is 0.707. The summed E-state index contributed by atoms with van der Waals surface area (Å²) in [7, 11) is 1.56. The lowest BCUT2D eigenvalue weighted by molar-refractivity contribution is -0.160. The average Bonchev–Trinajstić information content (AvgIpc) is 3.10. The van der Waals surface area contributed by atoms with E-state index in [1.54, 1.807) is 19.2 Å². The molecule has 1 N–H and O–H groups in total. The Morgan fingerprint density at radius 2 is 2.04 bits per heavy atom. The molecule has 6 heteroatoms. The highest BCUT2D eigenvalue weighted by atomic mass is 16.5. The van der Waals surface area contributed by atoms with Gasteiger partial charge in [-0.05, 0) is 24.5 Å². The summed E-state index contributed by atoms with van der Waals surface area (Å²) in [5.41, 5.74) is -1.18. The topological polar surface area (TPSA) is 68.2 Å². The molecule has 1 atom stereocenters. The minimum Gasteiger partial charge on any atom is -0.493 e. The van der Waals surface area contributed by atoms with E-state index in [-0.39, 0.29) is 0 Å². The molecule has 132 valence electrons. The van der Waals surface area contributed by atoms with Crippen LogP contribution in [0.5, 0.6) is 11.5 Å². The molecule has 0 spiro atoms. The van der Waals surface area contributed by atoms with Gasteiger partial charge in [0.05, 0.1) is 13.7 Å². The third-order valence-corrected chi connectivity index (χ3v) is 4.97. The van der Waals surface area contributed by atoms with Crippen LogP contribution in [-0.4, -0.2) is 61.5 Å². The van der Waals surface area contributed by atoms with Gasteiger partial charge in [0.15, 0.2) is 11.5 Å². The molecule has 2 fully saturated rings. The van der Waals surface area contributed by atoms with Crippen molar-refractivity contribution in [1.82, 2.24) is 4.90 Å². The largest absolute Gasteiger partial charge is 0.493 e. The maximum atomic E-state index is 11.9. The minimum absolute atomic E-state index is 0.466.